The Hall–Kier alpha value is -2.84. The molecule has 162 valence electrons. The molecule has 7 nitrogen and oxygen atoms in total. The van der Waals surface area contributed by atoms with Crippen LogP contribution in [0.2, 0.25) is 0 Å². The van der Waals surface area contributed by atoms with Crippen molar-refractivity contribution in [2.75, 3.05) is 30.3 Å². The van der Waals surface area contributed by atoms with E-state index in [4.69, 9.17) is 0 Å². The van der Waals surface area contributed by atoms with Crippen molar-refractivity contribution in [1.82, 2.24) is 10.2 Å². The number of nitrogens with one attached hydrogen (secondary N) is 3. The highest BCUT2D eigenvalue weighted by Crippen LogP contribution is 2.35. The summed E-state index contributed by atoms with van der Waals surface area (Å²) < 4.78 is 0. The summed E-state index contributed by atoms with van der Waals surface area (Å²) in [5.74, 6) is -0.211. The Morgan fingerprint density at radius 2 is 1.87 bits per heavy atom. The second kappa shape index (κ2) is 9.53. The fraction of sp³-hybridized carbons (Fsp3) is 0.348. The molecule has 1 saturated heterocycles. The van der Waals surface area contributed by atoms with Crippen molar-refractivity contribution >= 4 is 40.9 Å². The van der Waals surface area contributed by atoms with E-state index in [1.165, 1.54) is 11.8 Å². The number of carbonyl (C=O) groups excluding carboxylic acids is 3. The van der Waals surface area contributed by atoms with Gasteiger partial charge in [0.15, 0.2) is 0 Å². The highest BCUT2D eigenvalue weighted by Gasteiger charge is 2.25. The monoisotopic (exact) mass is 438 g/mol. The minimum absolute atomic E-state index is 0.0306. The number of benzene rings is 2. The molecule has 1 fully saturated rings. The van der Waals surface area contributed by atoms with Gasteiger partial charge in [0.2, 0.25) is 11.8 Å². The highest BCUT2D eigenvalue weighted by molar-refractivity contribution is 8.00. The van der Waals surface area contributed by atoms with Crippen molar-refractivity contribution in [3.8, 4) is 0 Å². The SMILES string of the molecule is CC1Sc2ccc(C(=O)NC3CCN(CC(=O)Nc4ccccc4)CC3)cc2NC1=O. The van der Waals surface area contributed by atoms with Crippen molar-refractivity contribution in [2.45, 2.75) is 36.0 Å². The van der Waals surface area contributed by atoms with Crippen LogP contribution in [0.5, 0.6) is 0 Å². The van der Waals surface area contributed by atoms with Gasteiger partial charge in [-0.15, -0.1) is 11.8 Å². The third-order valence-corrected chi connectivity index (χ3v) is 6.70. The van der Waals surface area contributed by atoms with Crippen molar-refractivity contribution in [3.63, 3.8) is 0 Å². The van der Waals surface area contributed by atoms with Crippen LogP contribution >= 0.6 is 11.8 Å². The van der Waals surface area contributed by atoms with Crippen LogP contribution in [-0.2, 0) is 9.59 Å². The first-order valence-corrected chi connectivity index (χ1v) is 11.4. The number of hydrogen-bond acceptors (Lipinski definition) is 5. The van der Waals surface area contributed by atoms with E-state index >= 15 is 0 Å². The van der Waals surface area contributed by atoms with Crippen LogP contribution in [-0.4, -0.2) is 53.5 Å². The quantitative estimate of drug-likeness (QED) is 0.668. The molecule has 0 bridgehead atoms. The van der Waals surface area contributed by atoms with Crippen LogP contribution < -0.4 is 16.0 Å². The summed E-state index contributed by atoms with van der Waals surface area (Å²) in [5, 5.41) is 8.73. The Balaban J connectivity index is 1.25. The number of anilines is 2. The lowest BCUT2D eigenvalue weighted by atomic mass is 10.0. The largest absolute Gasteiger partial charge is 0.349 e. The maximum absolute atomic E-state index is 12.7. The number of amides is 3. The smallest absolute Gasteiger partial charge is 0.251 e. The molecule has 0 radical (unpaired) electrons. The molecule has 0 saturated carbocycles. The van der Waals surface area contributed by atoms with Crippen molar-refractivity contribution in [3.05, 3.63) is 54.1 Å². The van der Waals surface area contributed by atoms with Crippen molar-refractivity contribution in [2.24, 2.45) is 0 Å². The van der Waals surface area contributed by atoms with E-state index in [2.05, 4.69) is 20.9 Å². The molecule has 2 aliphatic heterocycles. The molecule has 3 amide bonds. The minimum atomic E-state index is -0.138. The molecule has 2 aromatic carbocycles. The number of likely N-dealkylation sites (tertiary alicyclic amines) is 1. The zero-order valence-electron chi connectivity index (χ0n) is 17.4. The zero-order valence-corrected chi connectivity index (χ0v) is 18.2. The number of fused-ring (bicyclic) bond motifs is 1. The van der Waals surface area contributed by atoms with Crippen molar-refractivity contribution < 1.29 is 14.4 Å². The second-order valence-electron chi connectivity index (χ2n) is 7.90. The predicted octanol–water partition coefficient (Wildman–Crippen LogP) is 2.95. The Labute approximate surface area is 186 Å². The predicted molar refractivity (Wildman–Crippen MR) is 122 cm³/mol. The molecule has 0 spiro atoms. The Kier molecular flexibility index (Phi) is 6.58. The van der Waals surface area contributed by atoms with E-state index in [0.29, 0.717) is 17.8 Å². The van der Waals surface area contributed by atoms with Gasteiger partial charge in [-0.3, -0.25) is 19.3 Å². The highest BCUT2D eigenvalue weighted by atomic mass is 32.2. The summed E-state index contributed by atoms with van der Waals surface area (Å²) in [5.41, 5.74) is 2.03. The summed E-state index contributed by atoms with van der Waals surface area (Å²) in [6, 6.07) is 14.9. The van der Waals surface area contributed by atoms with Gasteiger partial charge in [-0.2, -0.15) is 0 Å². The number of para-hydroxylation sites is 1. The van der Waals surface area contributed by atoms with E-state index < -0.39 is 0 Å². The first-order chi connectivity index (χ1) is 15.0. The fourth-order valence-electron chi connectivity index (χ4n) is 3.78. The van der Waals surface area contributed by atoms with Crippen LogP contribution in [0.3, 0.4) is 0 Å². The lowest BCUT2D eigenvalue weighted by Crippen LogP contribution is -2.46. The average molecular weight is 439 g/mol. The lowest BCUT2D eigenvalue weighted by Gasteiger charge is -2.32. The van der Waals surface area contributed by atoms with Gasteiger partial charge in [0.1, 0.15) is 0 Å². The third-order valence-electron chi connectivity index (χ3n) is 5.52. The molecular weight excluding hydrogens is 412 g/mol. The first-order valence-electron chi connectivity index (χ1n) is 10.5. The topological polar surface area (TPSA) is 90.5 Å². The van der Waals surface area contributed by atoms with Crippen LogP contribution in [0.4, 0.5) is 11.4 Å². The van der Waals surface area contributed by atoms with Crippen LogP contribution in [0.1, 0.15) is 30.1 Å². The molecule has 31 heavy (non-hydrogen) atoms. The Bertz CT molecular complexity index is 974. The van der Waals surface area contributed by atoms with E-state index in [1.54, 1.807) is 12.1 Å². The van der Waals surface area contributed by atoms with Gasteiger partial charge in [0, 0.05) is 35.3 Å². The number of piperidine rings is 1. The number of carbonyl (C=O) groups is 3. The maximum atomic E-state index is 12.7. The van der Waals surface area contributed by atoms with Gasteiger partial charge in [0.05, 0.1) is 17.5 Å². The normalized spacial score (nSPS) is 19.3. The number of thioether (sulfide) groups is 1. The summed E-state index contributed by atoms with van der Waals surface area (Å²) in [6.07, 6.45) is 1.58. The molecule has 2 aromatic rings. The Morgan fingerprint density at radius 3 is 2.61 bits per heavy atom. The second-order valence-corrected chi connectivity index (χ2v) is 9.28. The van der Waals surface area contributed by atoms with Gasteiger partial charge >= 0.3 is 0 Å². The van der Waals surface area contributed by atoms with Crippen LogP contribution in [0.25, 0.3) is 0 Å². The Morgan fingerprint density at radius 1 is 1.13 bits per heavy atom. The molecule has 2 heterocycles. The third kappa shape index (κ3) is 5.45. The zero-order chi connectivity index (χ0) is 21.8. The van der Waals surface area contributed by atoms with E-state index in [-0.39, 0.29) is 29.0 Å². The number of nitrogens with zero attached hydrogens (tertiary/aromatic N) is 1. The summed E-state index contributed by atoms with van der Waals surface area (Å²) >= 11 is 1.50. The molecule has 3 N–H and O–H groups in total. The summed E-state index contributed by atoms with van der Waals surface area (Å²) in [6.45, 7) is 3.71. The molecule has 2 aliphatic rings. The fourth-order valence-corrected chi connectivity index (χ4v) is 4.71. The summed E-state index contributed by atoms with van der Waals surface area (Å²) in [4.78, 5) is 39.9. The molecule has 1 unspecified atom stereocenters. The van der Waals surface area contributed by atoms with Gasteiger partial charge in [-0.1, -0.05) is 18.2 Å². The standard InChI is InChI=1S/C23H26N4O3S/c1-15-22(29)26-19-13-16(7-8-20(19)31-15)23(30)25-18-9-11-27(12-10-18)14-21(28)24-17-5-3-2-4-6-17/h2-8,13,15,18H,9-12,14H2,1H3,(H,24,28)(H,25,30)(H,26,29). The molecule has 4 rings (SSSR count). The maximum Gasteiger partial charge on any atom is 0.251 e. The van der Waals surface area contributed by atoms with Gasteiger partial charge in [-0.05, 0) is 50.1 Å². The molecule has 8 heteroatoms. The van der Waals surface area contributed by atoms with E-state index in [9.17, 15) is 14.4 Å². The average Bonchev–Trinajstić information content (AvgIpc) is 2.76. The molecule has 1 atom stereocenters. The first kappa shape index (κ1) is 21.4. The van der Waals surface area contributed by atoms with Gasteiger partial charge in [-0.25, -0.2) is 0 Å². The summed E-state index contributed by atoms with van der Waals surface area (Å²) in [7, 11) is 0. The van der Waals surface area contributed by atoms with E-state index in [0.717, 1.165) is 36.5 Å². The van der Waals surface area contributed by atoms with Gasteiger partial charge < -0.3 is 16.0 Å². The number of hydrogen-bond donors (Lipinski definition) is 3. The van der Waals surface area contributed by atoms with Crippen LogP contribution in [0, 0.1) is 0 Å². The van der Waals surface area contributed by atoms with Crippen molar-refractivity contribution in [1.29, 1.82) is 0 Å². The van der Waals surface area contributed by atoms with E-state index in [1.807, 2.05) is 43.3 Å². The van der Waals surface area contributed by atoms with Crippen LogP contribution in [0.15, 0.2) is 53.4 Å². The number of rotatable bonds is 5. The molecule has 0 aliphatic carbocycles. The molecular formula is C23H26N4O3S. The minimum Gasteiger partial charge on any atom is -0.349 e. The lowest BCUT2D eigenvalue weighted by molar-refractivity contribution is -0.117. The van der Waals surface area contributed by atoms with Gasteiger partial charge in [0.25, 0.3) is 5.91 Å². The molecule has 0 aromatic heterocycles.